The van der Waals surface area contributed by atoms with Crippen LogP contribution in [0.3, 0.4) is 0 Å². The molecule has 0 saturated heterocycles. The number of carboxylic acid groups (broad SMARTS) is 1. The van der Waals surface area contributed by atoms with Crippen LogP contribution in [0.15, 0.2) is 11.3 Å². The van der Waals surface area contributed by atoms with Crippen molar-refractivity contribution >= 4 is 5.97 Å². The van der Waals surface area contributed by atoms with Gasteiger partial charge in [0.25, 0.3) is 0 Å². The van der Waals surface area contributed by atoms with Crippen LogP contribution in [0.25, 0.3) is 0 Å². The van der Waals surface area contributed by atoms with E-state index in [2.05, 4.69) is 0 Å². The average Bonchev–Trinajstić information content (AvgIpc) is 1.64. The molecule has 0 amide bonds. The third-order valence-corrected chi connectivity index (χ3v) is 0.678. The van der Waals surface area contributed by atoms with Crippen molar-refractivity contribution in [3.8, 4) is 6.07 Å². The average molecular weight is 149 g/mol. The van der Waals surface area contributed by atoms with Gasteiger partial charge in [0.15, 0.2) is 0 Å². The summed E-state index contributed by atoms with van der Waals surface area (Å²) >= 11 is 0. The maximum atomic E-state index is 9.82. The van der Waals surface area contributed by atoms with Gasteiger partial charge in [-0.05, 0) is 6.92 Å². The Bertz CT molecular complexity index is 199. The summed E-state index contributed by atoms with van der Waals surface area (Å²) in [5.74, 6) is -2.19. The van der Waals surface area contributed by atoms with Crippen molar-refractivity contribution in [3.63, 3.8) is 0 Å². The van der Waals surface area contributed by atoms with E-state index in [4.69, 9.17) is 10.4 Å². The van der Waals surface area contributed by atoms with Crippen molar-refractivity contribution in [1.82, 2.24) is 0 Å². The summed E-state index contributed by atoms with van der Waals surface area (Å²) in [7, 11) is 0. The Morgan fingerprint density at radius 1 is 1.70 bits per heavy atom. The molecular formula is C5H4NNaO3. The second-order valence-corrected chi connectivity index (χ2v) is 1.36. The molecule has 0 aromatic heterocycles. The first-order chi connectivity index (χ1) is 4.09. The van der Waals surface area contributed by atoms with Crippen molar-refractivity contribution < 1.29 is 44.6 Å². The minimum atomic E-state index is -1.66. The summed E-state index contributed by atoms with van der Waals surface area (Å²) in [5, 5.41) is 26.2. The fourth-order valence-corrected chi connectivity index (χ4v) is 0.274. The molecule has 0 fully saturated rings. The first-order valence-electron chi connectivity index (χ1n) is 2.11. The molecule has 1 N–H and O–H groups in total. The van der Waals surface area contributed by atoms with E-state index in [0.29, 0.717) is 0 Å². The molecular weight excluding hydrogens is 145 g/mol. The Balaban J connectivity index is 0. The molecule has 0 radical (unpaired) electrons. The van der Waals surface area contributed by atoms with Crippen molar-refractivity contribution in [2.45, 2.75) is 6.92 Å². The summed E-state index contributed by atoms with van der Waals surface area (Å²) in [6, 6.07) is 1.27. The Hall–Kier alpha value is -0.500. The van der Waals surface area contributed by atoms with Gasteiger partial charge in [-0.2, -0.15) is 5.26 Å². The number of allylic oxidation sites excluding steroid dienone is 1. The number of rotatable bonds is 1. The molecule has 0 spiro atoms. The third kappa shape index (κ3) is 3.51. The van der Waals surface area contributed by atoms with Crippen LogP contribution in [0.5, 0.6) is 0 Å². The number of aliphatic hydroxyl groups is 1. The number of hydrogen-bond acceptors (Lipinski definition) is 4. The number of carboxylic acids is 1. The quantitative estimate of drug-likeness (QED) is 0.179. The molecule has 0 aromatic rings. The van der Waals surface area contributed by atoms with Gasteiger partial charge in [-0.1, -0.05) is 0 Å². The molecule has 0 atom stereocenters. The predicted molar refractivity (Wildman–Crippen MR) is 25.9 cm³/mol. The van der Waals surface area contributed by atoms with E-state index in [1.165, 1.54) is 6.07 Å². The zero-order valence-electron chi connectivity index (χ0n) is 5.71. The molecule has 48 valence electrons. The van der Waals surface area contributed by atoms with E-state index in [-0.39, 0.29) is 29.6 Å². The zero-order chi connectivity index (χ0) is 7.44. The first kappa shape index (κ1) is 12.2. The maximum Gasteiger partial charge on any atom is 1.00 e. The summed E-state index contributed by atoms with van der Waals surface area (Å²) in [4.78, 5) is 9.82. The van der Waals surface area contributed by atoms with Crippen LogP contribution in [-0.4, -0.2) is 11.1 Å². The SMILES string of the molecule is C/C(O)=C(\C#N)C(=O)[O-].[Na+]. The van der Waals surface area contributed by atoms with Crippen LogP contribution in [0, 0.1) is 11.3 Å². The van der Waals surface area contributed by atoms with Gasteiger partial charge in [0.05, 0.1) is 5.97 Å². The summed E-state index contributed by atoms with van der Waals surface area (Å²) in [5.41, 5.74) is -0.727. The minimum Gasteiger partial charge on any atom is -0.544 e. The topological polar surface area (TPSA) is 84.1 Å². The number of aliphatic hydroxyl groups excluding tert-OH is 1. The standard InChI is InChI=1S/C5H5NO3.Na/c1-3(7)4(2-6)5(8)9;/h7H,1H3,(H,8,9);/q;+1/p-1/b4-3-;. The molecule has 0 aliphatic rings. The van der Waals surface area contributed by atoms with Gasteiger partial charge in [-0.15, -0.1) is 0 Å². The summed E-state index contributed by atoms with van der Waals surface area (Å²) in [6.45, 7) is 1.11. The van der Waals surface area contributed by atoms with Gasteiger partial charge < -0.3 is 15.0 Å². The van der Waals surface area contributed by atoms with E-state index in [9.17, 15) is 9.90 Å². The smallest absolute Gasteiger partial charge is 0.544 e. The normalized spacial score (nSPS) is 10.4. The van der Waals surface area contributed by atoms with Crippen LogP contribution >= 0.6 is 0 Å². The van der Waals surface area contributed by atoms with E-state index < -0.39 is 17.3 Å². The maximum absolute atomic E-state index is 9.82. The third-order valence-electron chi connectivity index (χ3n) is 0.678. The fourth-order valence-electron chi connectivity index (χ4n) is 0.274. The molecule has 0 aliphatic carbocycles. The largest absolute Gasteiger partial charge is 1.00 e. The van der Waals surface area contributed by atoms with Gasteiger partial charge in [0.2, 0.25) is 0 Å². The van der Waals surface area contributed by atoms with Crippen molar-refractivity contribution in [2.24, 2.45) is 0 Å². The van der Waals surface area contributed by atoms with Gasteiger partial charge in [0.1, 0.15) is 17.4 Å². The Morgan fingerprint density at radius 2 is 2.10 bits per heavy atom. The molecule has 0 heterocycles. The second-order valence-electron chi connectivity index (χ2n) is 1.36. The van der Waals surface area contributed by atoms with E-state index >= 15 is 0 Å². The predicted octanol–water partition coefficient (Wildman–Crippen LogP) is -3.90. The molecule has 0 saturated carbocycles. The van der Waals surface area contributed by atoms with Gasteiger partial charge >= 0.3 is 29.6 Å². The van der Waals surface area contributed by atoms with E-state index in [1.54, 1.807) is 0 Å². The summed E-state index contributed by atoms with van der Waals surface area (Å²) < 4.78 is 0. The Labute approximate surface area is 80.1 Å². The second kappa shape index (κ2) is 5.30. The van der Waals surface area contributed by atoms with E-state index in [0.717, 1.165) is 6.92 Å². The first-order valence-corrected chi connectivity index (χ1v) is 2.11. The Kier molecular flexibility index (Phi) is 6.46. The van der Waals surface area contributed by atoms with Crippen molar-refractivity contribution in [2.75, 3.05) is 0 Å². The monoisotopic (exact) mass is 149 g/mol. The molecule has 0 aliphatic heterocycles. The minimum absolute atomic E-state index is 0. The molecule has 4 nitrogen and oxygen atoms in total. The fraction of sp³-hybridized carbons (Fsp3) is 0.200. The zero-order valence-corrected chi connectivity index (χ0v) is 7.71. The van der Waals surface area contributed by atoms with Gasteiger partial charge in [0, 0.05) is 0 Å². The molecule has 5 heteroatoms. The number of hydrogen-bond donors (Lipinski definition) is 1. The van der Waals surface area contributed by atoms with E-state index in [1.807, 2.05) is 0 Å². The van der Waals surface area contributed by atoms with Gasteiger partial charge in [-0.25, -0.2) is 0 Å². The van der Waals surface area contributed by atoms with Crippen molar-refractivity contribution in [3.05, 3.63) is 11.3 Å². The number of carbonyl (C=O) groups is 1. The number of carbonyl (C=O) groups excluding carboxylic acids is 1. The summed E-state index contributed by atoms with van der Waals surface area (Å²) in [6.07, 6.45) is 0. The molecule has 0 rings (SSSR count). The molecule has 10 heavy (non-hydrogen) atoms. The van der Waals surface area contributed by atoms with Crippen LogP contribution in [0.4, 0.5) is 0 Å². The van der Waals surface area contributed by atoms with Crippen molar-refractivity contribution in [1.29, 1.82) is 5.26 Å². The number of aliphatic carboxylic acids is 1. The van der Waals surface area contributed by atoms with Crippen LogP contribution in [0.1, 0.15) is 6.92 Å². The molecule has 0 unspecified atom stereocenters. The number of nitrogens with zero attached hydrogens (tertiary/aromatic N) is 1. The molecule has 0 bridgehead atoms. The number of nitriles is 1. The Morgan fingerprint density at radius 3 is 2.10 bits per heavy atom. The van der Waals surface area contributed by atoms with Crippen LogP contribution < -0.4 is 34.7 Å². The molecule has 0 aromatic carbocycles. The van der Waals surface area contributed by atoms with Crippen LogP contribution in [0.2, 0.25) is 0 Å². The van der Waals surface area contributed by atoms with Gasteiger partial charge in [-0.3, -0.25) is 0 Å². The van der Waals surface area contributed by atoms with Crippen LogP contribution in [-0.2, 0) is 4.79 Å².